The minimum Gasteiger partial charge on any atom is -0.463 e. The summed E-state index contributed by atoms with van der Waals surface area (Å²) in [6.07, 6.45) is -6.62. The van der Waals surface area contributed by atoms with Gasteiger partial charge in [-0.1, -0.05) is 35.5 Å². The van der Waals surface area contributed by atoms with Gasteiger partial charge < -0.3 is 32.9 Å². The predicted molar refractivity (Wildman–Crippen MR) is 123 cm³/mol. The number of nitrogens with zero attached hydrogens (tertiary/aromatic N) is 1. The van der Waals surface area contributed by atoms with Crippen LogP contribution in [0.15, 0.2) is 40.9 Å². The summed E-state index contributed by atoms with van der Waals surface area (Å²) in [4.78, 5) is 59.6. The monoisotopic (exact) mass is 533 g/mol. The molecule has 5 atom stereocenters. The molecule has 2 aromatic rings. The highest BCUT2D eigenvalue weighted by Crippen LogP contribution is 2.30. The van der Waals surface area contributed by atoms with Crippen molar-refractivity contribution in [1.29, 1.82) is 0 Å². The number of benzene rings is 1. The number of rotatable bonds is 10. The van der Waals surface area contributed by atoms with Gasteiger partial charge in [-0.2, -0.15) is 0 Å². The molecule has 0 spiro atoms. The molecule has 1 aliphatic heterocycles. The first-order valence-corrected chi connectivity index (χ1v) is 11.5. The highest BCUT2D eigenvalue weighted by Gasteiger charge is 2.52. The van der Waals surface area contributed by atoms with Crippen LogP contribution < -0.4 is 0 Å². The number of hydrogen-bond donors (Lipinski definition) is 0. The van der Waals surface area contributed by atoms with Crippen molar-refractivity contribution in [3.8, 4) is 0 Å². The standard InChI is InChI=1S/C25H27NO12/c1-13(27)32-12-20-22(34-14(2)28)23(35-15(3)29)24(36-16(4)30)25(37-20)33-11-18-10-19(26-38-18)21(31)17-8-6-5-7-9-17/h5-10,20,22-25H,11-12H2,1-4H3/t20-,22-,23+,24+,25+/m1/s1. The molecule has 3 rings (SSSR count). The average molecular weight is 533 g/mol. The van der Waals surface area contributed by atoms with Gasteiger partial charge in [-0.05, 0) is 0 Å². The molecule has 0 unspecified atom stereocenters. The van der Waals surface area contributed by atoms with Crippen LogP contribution in [0, 0.1) is 0 Å². The lowest BCUT2D eigenvalue weighted by atomic mass is 9.98. The first-order chi connectivity index (χ1) is 18.0. The normalized spacial score (nSPS) is 22.7. The van der Waals surface area contributed by atoms with E-state index >= 15 is 0 Å². The minimum atomic E-state index is -1.39. The second kappa shape index (κ2) is 12.9. The fourth-order valence-electron chi connectivity index (χ4n) is 3.71. The molecule has 0 radical (unpaired) electrons. The van der Waals surface area contributed by atoms with Crippen LogP contribution in [-0.4, -0.2) is 72.1 Å². The Balaban J connectivity index is 1.84. The van der Waals surface area contributed by atoms with Crippen molar-refractivity contribution >= 4 is 29.7 Å². The van der Waals surface area contributed by atoms with Crippen molar-refractivity contribution < 1.29 is 56.9 Å². The molecule has 0 amide bonds. The Hall–Kier alpha value is -4.10. The van der Waals surface area contributed by atoms with Crippen LogP contribution in [0.2, 0.25) is 0 Å². The Labute approximate surface area is 217 Å². The molecular formula is C25H27NO12. The molecule has 1 saturated heterocycles. The first-order valence-electron chi connectivity index (χ1n) is 11.5. The summed E-state index contributed by atoms with van der Waals surface area (Å²) in [5.41, 5.74) is 0.448. The fraction of sp³-hybridized carbons (Fsp3) is 0.440. The van der Waals surface area contributed by atoms with Gasteiger partial charge in [-0.15, -0.1) is 0 Å². The van der Waals surface area contributed by atoms with E-state index < -0.39 is 61.2 Å². The van der Waals surface area contributed by atoms with Crippen molar-refractivity contribution in [2.45, 2.75) is 65.0 Å². The number of ether oxygens (including phenoxy) is 6. The third-order valence-corrected chi connectivity index (χ3v) is 5.17. The van der Waals surface area contributed by atoms with E-state index in [-0.39, 0.29) is 23.8 Å². The van der Waals surface area contributed by atoms with E-state index in [0.717, 1.165) is 20.8 Å². The van der Waals surface area contributed by atoms with Gasteiger partial charge in [0.1, 0.15) is 19.3 Å². The van der Waals surface area contributed by atoms with Gasteiger partial charge in [0, 0.05) is 39.3 Å². The lowest BCUT2D eigenvalue weighted by Gasteiger charge is -2.43. The van der Waals surface area contributed by atoms with Crippen molar-refractivity contribution in [2.24, 2.45) is 0 Å². The first kappa shape index (κ1) is 28.5. The van der Waals surface area contributed by atoms with Crippen molar-refractivity contribution in [2.75, 3.05) is 6.61 Å². The second-order valence-electron chi connectivity index (χ2n) is 8.25. The molecular weight excluding hydrogens is 506 g/mol. The molecule has 2 heterocycles. The maximum atomic E-state index is 12.6. The number of carbonyl (C=O) groups is 5. The summed E-state index contributed by atoms with van der Waals surface area (Å²) in [7, 11) is 0. The van der Waals surface area contributed by atoms with Gasteiger partial charge in [0.15, 0.2) is 36.1 Å². The fourth-order valence-corrected chi connectivity index (χ4v) is 3.71. The summed E-state index contributed by atoms with van der Waals surface area (Å²) in [5, 5.41) is 3.77. The molecule has 1 fully saturated rings. The number of esters is 4. The highest BCUT2D eigenvalue weighted by molar-refractivity contribution is 6.07. The molecule has 0 saturated carbocycles. The zero-order valence-corrected chi connectivity index (χ0v) is 21.1. The van der Waals surface area contributed by atoms with Crippen molar-refractivity contribution in [1.82, 2.24) is 5.16 Å². The quantitative estimate of drug-likeness (QED) is 0.245. The molecule has 1 aromatic heterocycles. The summed E-state index contributed by atoms with van der Waals surface area (Å²) in [6, 6.07) is 9.83. The van der Waals surface area contributed by atoms with E-state index in [1.165, 1.54) is 13.0 Å². The zero-order chi connectivity index (χ0) is 27.8. The van der Waals surface area contributed by atoms with Gasteiger partial charge >= 0.3 is 23.9 Å². The zero-order valence-electron chi connectivity index (χ0n) is 21.1. The van der Waals surface area contributed by atoms with Crippen LogP contribution in [0.4, 0.5) is 0 Å². The number of ketones is 1. The van der Waals surface area contributed by atoms with E-state index in [0.29, 0.717) is 5.56 Å². The summed E-state index contributed by atoms with van der Waals surface area (Å²) in [5.74, 6) is -3.15. The molecule has 204 valence electrons. The molecule has 0 aliphatic carbocycles. The summed E-state index contributed by atoms with van der Waals surface area (Å²) >= 11 is 0. The number of hydrogen-bond acceptors (Lipinski definition) is 13. The lowest BCUT2D eigenvalue weighted by molar-refractivity contribution is -0.311. The Morgan fingerprint density at radius 3 is 2.03 bits per heavy atom. The van der Waals surface area contributed by atoms with E-state index in [4.69, 9.17) is 32.9 Å². The van der Waals surface area contributed by atoms with Gasteiger partial charge in [-0.3, -0.25) is 24.0 Å². The topological polar surface area (TPSA) is 167 Å². The van der Waals surface area contributed by atoms with E-state index in [1.807, 2.05) is 0 Å². The van der Waals surface area contributed by atoms with Gasteiger partial charge in [0.05, 0.1) is 0 Å². The lowest BCUT2D eigenvalue weighted by Crippen LogP contribution is -2.62. The van der Waals surface area contributed by atoms with Gasteiger partial charge in [-0.25, -0.2) is 0 Å². The molecule has 0 bridgehead atoms. The van der Waals surface area contributed by atoms with Crippen LogP contribution in [-0.2, 0) is 54.2 Å². The third-order valence-electron chi connectivity index (χ3n) is 5.17. The Kier molecular flexibility index (Phi) is 9.68. The van der Waals surface area contributed by atoms with Crippen LogP contribution >= 0.6 is 0 Å². The second-order valence-corrected chi connectivity index (χ2v) is 8.25. The third kappa shape index (κ3) is 7.70. The van der Waals surface area contributed by atoms with Crippen LogP contribution in [0.3, 0.4) is 0 Å². The Morgan fingerprint density at radius 2 is 1.42 bits per heavy atom. The maximum absolute atomic E-state index is 12.6. The van der Waals surface area contributed by atoms with Crippen LogP contribution in [0.5, 0.6) is 0 Å². The van der Waals surface area contributed by atoms with Crippen molar-refractivity contribution in [3.63, 3.8) is 0 Å². The molecule has 38 heavy (non-hydrogen) atoms. The van der Waals surface area contributed by atoms with Gasteiger partial charge in [0.25, 0.3) is 0 Å². The van der Waals surface area contributed by atoms with E-state index in [2.05, 4.69) is 5.16 Å². The molecule has 0 N–H and O–H groups in total. The molecule has 13 nitrogen and oxygen atoms in total. The highest BCUT2D eigenvalue weighted by atomic mass is 16.7. The minimum absolute atomic E-state index is 0.0383. The SMILES string of the molecule is CC(=O)OC[C@H]1O[C@H](OCc2cc(C(=O)c3ccccc3)no2)[C@@H](OC(C)=O)[C@@H](OC(C)=O)[C@@H]1OC(C)=O. The van der Waals surface area contributed by atoms with Crippen LogP contribution in [0.25, 0.3) is 0 Å². The summed E-state index contributed by atoms with van der Waals surface area (Å²) < 4.78 is 37.8. The van der Waals surface area contributed by atoms with E-state index in [1.54, 1.807) is 30.3 Å². The Morgan fingerprint density at radius 1 is 0.816 bits per heavy atom. The smallest absolute Gasteiger partial charge is 0.303 e. The molecule has 1 aromatic carbocycles. The molecule has 1 aliphatic rings. The van der Waals surface area contributed by atoms with Crippen LogP contribution in [0.1, 0.15) is 49.5 Å². The average Bonchev–Trinajstić information content (AvgIpc) is 3.33. The maximum Gasteiger partial charge on any atom is 0.303 e. The number of aromatic nitrogens is 1. The van der Waals surface area contributed by atoms with Gasteiger partial charge in [0.2, 0.25) is 5.78 Å². The summed E-state index contributed by atoms with van der Waals surface area (Å²) in [6.45, 7) is 3.82. The molecule has 13 heteroatoms. The van der Waals surface area contributed by atoms with E-state index in [9.17, 15) is 24.0 Å². The largest absolute Gasteiger partial charge is 0.463 e. The van der Waals surface area contributed by atoms with Crippen molar-refractivity contribution in [3.05, 3.63) is 53.4 Å². The number of carbonyl (C=O) groups excluding carboxylic acids is 5. The predicted octanol–water partition coefficient (Wildman–Crippen LogP) is 1.51. The Bertz CT molecular complexity index is 1160.